The van der Waals surface area contributed by atoms with Crippen molar-refractivity contribution in [3.05, 3.63) is 23.2 Å². The first-order valence-electron chi connectivity index (χ1n) is 9.43. The first kappa shape index (κ1) is 19.3. The van der Waals surface area contributed by atoms with Gasteiger partial charge < -0.3 is 19.4 Å². The lowest BCUT2D eigenvalue weighted by Crippen LogP contribution is -2.51. The summed E-state index contributed by atoms with van der Waals surface area (Å²) in [6.45, 7) is 2.47. The number of nitrogens with zero attached hydrogens (tertiary/aromatic N) is 3. The van der Waals surface area contributed by atoms with Crippen molar-refractivity contribution in [1.82, 2.24) is 15.3 Å². The molecule has 2 bridgehead atoms. The number of piperazine rings is 1. The van der Waals surface area contributed by atoms with Crippen LogP contribution in [0.2, 0.25) is 0 Å². The third kappa shape index (κ3) is 3.41. The molecule has 0 aliphatic carbocycles. The fourth-order valence-electron chi connectivity index (χ4n) is 4.13. The van der Waals surface area contributed by atoms with E-state index in [0.29, 0.717) is 23.7 Å². The number of fused-ring (bicyclic) bond motifs is 3. The molecule has 3 aromatic rings. The number of nitrogens with one attached hydrogen (secondary N) is 1. The lowest BCUT2D eigenvalue weighted by Gasteiger charge is -2.31. The number of carbonyl (C=O) groups is 1. The number of aromatic nitrogens is 2. The zero-order valence-corrected chi connectivity index (χ0v) is 16.6. The first-order valence-corrected chi connectivity index (χ1v) is 10.3. The summed E-state index contributed by atoms with van der Waals surface area (Å²) >= 11 is 1.29. The Labute approximate surface area is 172 Å². The second kappa shape index (κ2) is 6.95. The summed E-state index contributed by atoms with van der Waals surface area (Å²) in [4.78, 5) is 22.7. The molecular weight excluding hydrogens is 421 g/mol. The average Bonchev–Trinajstić information content (AvgIpc) is 3.40. The van der Waals surface area contributed by atoms with Crippen LogP contribution >= 0.6 is 11.3 Å². The quantitative estimate of drug-likeness (QED) is 0.617. The predicted molar refractivity (Wildman–Crippen MR) is 104 cm³/mol. The molecule has 5 rings (SSSR count). The van der Waals surface area contributed by atoms with Crippen molar-refractivity contribution >= 4 is 34.2 Å². The molecule has 2 aromatic heterocycles. The molecule has 2 unspecified atom stereocenters. The minimum atomic E-state index is -4.98. The maximum absolute atomic E-state index is 13.1. The minimum Gasteiger partial charge on any atom is -0.422 e. The lowest BCUT2D eigenvalue weighted by atomic mass is 10.0. The maximum atomic E-state index is 13.1. The van der Waals surface area contributed by atoms with Gasteiger partial charge in [-0.25, -0.2) is 4.98 Å². The van der Waals surface area contributed by atoms with Gasteiger partial charge in [0.05, 0.1) is 11.1 Å². The Kier molecular flexibility index (Phi) is 4.47. The fraction of sp³-hybridized carbons (Fsp3) is 0.421. The van der Waals surface area contributed by atoms with Gasteiger partial charge in [0.15, 0.2) is 22.6 Å². The molecule has 0 saturated carbocycles. The smallest absolute Gasteiger partial charge is 0.422 e. The molecular formula is C19H17F3N4O3S. The van der Waals surface area contributed by atoms with Crippen LogP contribution in [0.15, 0.2) is 22.1 Å². The summed E-state index contributed by atoms with van der Waals surface area (Å²) < 4.78 is 49.6. The van der Waals surface area contributed by atoms with Crippen molar-refractivity contribution in [3.8, 4) is 16.3 Å². The van der Waals surface area contributed by atoms with E-state index in [9.17, 15) is 18.0 Å². The normalized spacial score (nSPS) is 21.4. The van der Waals surface area contributed by atoms with Crippen LogP contribution in [-0.4, -0.2) is 47.3 Å². The molecule has 158 valence electrons. The minimum absolute atomic E-state index is 0.120. The van der Waals surface area contributed by atoms with Crippen LogP contribution in [0.3, 0.4) is 0 Å². The third-order valence-electron chi connectivity index (χ3n) is 5.36. The van der Waals surface area contributed by atoms with E-state index in [2.05, 4.69) is 20.0 Å². The standard InChI is InChI=1S/C19H17F3N4O3S/c1-9(27)12-6-13(17-23-4-5-30-17)15-14(16(12)29-19(20,21)22)25-18(28-15)26-7-10-2-3-11(8-26)24-10/h4-6,10-11,24H,2-3,7-8H2,1H3. The summed E-state index contributed by atoms with van der Waals surface area (Å²) in [7, 11) is 0. The number of alkyl halides is 3. The van der Waals surface area contributed by atoms with Crippen molar-refractivity contribution in [2.24, 2.45) is 0 Å². The van der Waals surface area contributed by atoms with Gasteiger partial charge in [-0.3, -0.25) is 4.79 Å². The number of hydrogen-bond donors (Lipinski definition) is 1. The second-order valence-corrected chi connectivity index (χ2v) is 8.35. The Bertz CT molecular complexity index is 1100. The Morgan fingerprint density at radius 3 is 2.67 bits per heavy atom. The molecule has 2 fully saturated rings. The fourth-order valence-corrected chi connectivity index (χ4v) is 4.78. The van der Waals surface area contributed by atoms with Crippen LogP contribution in [0.5, 0.6) is 5.75 Å². The van der Waals surface area contributed by atoms with E-state index in [4.69, 9.17) is 4.42 Å². The molecule has 11 heteroatoms. The number of ether oxygens (including phenoxy) is 1. The number of anilines is 1. The number of benzene rings is 1. The average molecular weight is 438 g/mol. The number of ketones is 1. The highest BCUT2D eigenvalue weighted by Crippen LogP contribution is 2.42. The zero-order chi connectivity index (χ0) is 21.0. The van der Waals surface area contributed by atoms with Crippen molar-refractivity contribution in [2.45, 2.75) is 38.2 Å². The monoisotopic (exact) mass is 438 g/mol. The van der Waals surface area contributed by atoms with Crippen LogP contribution in [0.4, 0.5) is 19.2 Å². The van der Waals surface area contributed by atoms with Crippen molar-refractivity contribution < 1.29 is 27.1 Å². The van der Waals surface area contributed by atoms with Crippen LogP contribution in [0.1, 0.15) is 30.1 Å². The highest BCUT2D eigenvalue weighted by Gasteiger charge is 2.37. The number of Topliss-reactive ketones (excluding diaryl/α,β-unsaturated/α-hetero) is 1. The summed E-state index contributed by atoms with van der Waals surface area (Å²) in [5.41, 5.74) is 0.183. The van der Waals surface area contributed by atoms with Crippen LogP contribution < -0.4 is 15.0 Å². The summed E-state index contributed by atoms with van der Waals surface area (Å²) in [6, 6.07) is 2.13. The largest absolute Gasteiger partial charge is 0.573 e. The number of carbonyl (C=O) groups excluding carboxylic acids is 1. The third-order valence-corrected chi connectivity index (χ3v) is 6.16. The molecule has 1 N–H and O–H groups in total. The maximum Gasteiger partial charge on any atom is 0.573 e. The Morgan fingerprint density at radius 2 is 2.07 bits per heavy atom. The number of halogens is 3. The zero-order valence-electron chi connectivity index (χ0n) is 15.8. The summed E-state index contributed by atoms with van der Waals surface area (Å²) in [6.07, 6.45) is -1.34. The van der Waals surface area contributed by atoms with E-state index in [1.54, 1.807) is 11.6 Å². The van der Waals surface area contributed by atoms with Crippen LogP contribution in [-0.2, 0) is 0 Å². The van der Waals surface area contributed by atoms with Gasteiger partial charge in [0.2, 0.25) is 0 Å². The van der Waals surface area contributed by atoms with Gasteiger partial charge in [-0.15, -0.1) is 24.5 Å². The second-order valence-electron chi connectivity index (χ2n) is 7.46. The van der Waals surface area contributed by atoms with Crippen molar-refractivity contribution in [1.29, 1.82) is 0 Å². The van der Waals surface area contributed by atoms with E-state index in [0.717, 1.165) is 12.8 Å². The molecule has 4 heterocycles. The van der Waals surface area contributed by atoms with Gasteiger partial charge in [-0.1, -0.05) is 0 Å². The van der Waals surface area contributed by atoms with Gasteiger partial charge in [0, 0.05) is 36.8 Å². The summed E-state index contributed by atoms with van der Waals surface area (Å²) in [5, 5.41) is 5.74. The predicted octanol–water partition coefficient (Wildman–Crippen LogP) is 3.99. The molecule has 7 nitrogen and oxygen atoms in total. The Balaban J connectivity index is 1.71. The topological polar surface area (TPSA) is 80.5 Å². The van der Waals surface area contributed by atoms with E-state index in [-0.39, 0.29) is 34.8 Å². The van der Waals surface area contributed by atoms with Gasteiger partial charge in [0.1, 0.15) is 5.01 Å². The first-order chi connectivity index (χ1) is 14.3. The van der Waals surface area contributed by atoms with Gasteiger partial charge >= 0.3 is 6.36 Å². The molecule has 0 amide bonds. The highest BCUT2D eigenvalue weighted by molar-refractivity contribution is 7.13. The number of hydrogen-bond acceptors (Lipinski definition) is 8. The molecule has 2 saturated heterocycles. The lowest BCUT2D eigenvalue weighted by molar-refractivity contribution is -0.274. The number of oxazole rings is 1. The SMILES string of the molecule is CC(=O)c1cc(-c2nccs2)c2oc(N3CC4CCC(C3)N4)nc2c1OC(F)(F)F. The van der Waals surface area contributed by atoms with Crippen molar-refractivity contribution in [2.75, 3.05) is 18.0 Å². The molecule has 30 heavy (non-hydrogen) atoms. The molecule has 0 radical (unpaired) electrons. The van der Waals surface area contributed by atoms with E-state index >= 15 is 0 Å². The molecule has 2 atom stereocenters. The summed E-state index contributed by atoms with van der Waals surface area (Å²) in [5.74, 6) is -1.21. The van der Waals surface area contributed by atoms with E-state index in [1.807, 2.05) is 4.90 Å². The number of rotatable bonds is 4. The van der Waals surface area contributed by atoms with Gasteiger partial charge in [0.25, 0.3) is 6.01 Å². The van der Waals surface area contributed by atoms with E-state index < -0.39 is 17.9 Å². The molecule has 2 aliphatic heterocycles. The van der Waals surface area contributed by atoms with Crippen LogP contribution in [0.25, 0.3) is 21.7 Å². The van der Waals surface area contributed by atoms with Crippen molar-refractivity contribution in [3.63, 3.8) is 0 Å². The number of thiazole rings is 1. The molecule has 2 aliphatic rings. The Hall–Kier alpha value is -2.66. The van der Waals surface area contributed by atoms with E-state index in [1.165, 1.54) is 24.3 Å². The van der Waals surface area contributed by atoms with Crippen LogP contribution in [0, 0.1) is 0 Å². The Morgan fingerprint density at radius 1 is 1.33 bits per heavy atom. The van der Waals surface area contributed by atoms with Gasteiger partial charge in [-0.05, 0) is 25.8 Å². The highest BCUT2D eigenvalue weighted by atomic mass is 32.1. The van der Waals surface area contributed by atoms with Gasteiger partial charge in [-0.2, -0.15) is 4.98 Å². The molecule has 0 spiro atoms. The molecule has 1 aromatic carbocycles.